The number of carbonyl (C=O) groups excluding carboxylic acids is 1. The molecule has 0 aliphatic rings. The number of nitrogens with zero attached hydrogens (tertiary/aromatic N) is 2. The molecule has 0 aliphatic heterocycles. The van der Waals surface area contributed by atoms with Crippen molar-refractivity contribution in [2.75, 3.05) is 5.32 Å². The number of benzene rings is 1. The van der Waals surface area contributed by atoms with E-state index in [1.807, 2.05) is 0 Å². The molecule has 2 aromatic rings. The van der Waals surface area contributed by atoms with E-state index in [0.29, 0.717) is 0 Å². The Morgan fingerprint density at radius 1 is 1.29 bits per heavy atom. The average molecular weight is 330 g/mol. The van der Waals surface area contributed by atoms with Gasteiger partial charge in [0, 0.05) is 10.7 Å². The van der Waals surface area contributed by atoms with Crippen LogP contribution in [0.1, 0.15) is 10.4 Å². The highest BCUT2D eigenvalue weighted by Crippen LogP contribution is 2.23. The van der Waals surface area contributed by atoms with Crippen LogP contribution in [0.25, 0.3) is 0 Å². The number of hydrogen-bond donors (Lipinski definition) is 1. The Kier molecular flexibility index (Phi) is 4.35. The van der Waals surface area contributed by atoms with Gasteiger partial charge in [0.15, 0.2) is 0 Å². The molecule has 1 heterocycles. The van der Waals surface area contributed by atoms with Gasteiger partial charge >= 0.3 is 0 Å². The van der Waals surface area contributed by atoms with Crippen molar-refractivity contribution in [3.05, 3.63) is 62.1 Å². The zero-order valence-electron chi connectivity index (χ0n) is 10.1. The van der Waals surface area contributed by atoms with Gasteiger partial charge in [-0.15, -0.1) is 0 Å². The molecule has 0 radical (unpaired) electrons. The fourth-order valence-electron chi connectivity index (χ4n) is 1.57. The summed E-state index contributed by atoms with van der Waals surface area (Å²) < 4.78 is 13.2. The molecule has 0 bridgehead atoms. The molecule has 6 nitrogen and oxygen atoms in total. The summed E-state index contributed by atoms with van der Waals surface area (Å²) in [6.45, 7) is 0. The molecule has 2 rings (SSSR count). The smallest absolute Gasteiger partial charge is 0.300 e. The van der Waals surface area contributed by atoms with E-state index in [9.17, 15) is 19.3 Å². The minimum Gasteiger partial charge on any atom is -0.322 e. The van der Waals surface area contributed by atoms with Crippen molar-refractivity contribution >= 4 is 40.5 Å². The summed E-state index contributed by atoms with van der Waals surface area (Å²) in [5, 5.41) is 13.2. The first kappa shape index (κ1) is 15.1. The topological polar surface area (TPSA) is 85.1 Å². The molecule has 1 amide bonds. The Labute approximate surface area is 127 Å². The minimum atomic E-state index is -0.826. The second-order valence-electron chi connectivity index (χ2n) is 3.89. The lowest BCUT2D eigenvalue weighted by atomic mass is 10.2. The van der Waals surface area contributed by atoms with Crippen LogP contribution in [0.2, 0.25) is 10.2 Å². The number of nitro groups is 1. The van der Waals surface area contributed by atoms with Gasteiger partial charge in [-0.1, -0.05) is 23.2 Å². The van der Waals surface area contributed by atoms with Gasteiger partial charge in [0.2, 0.25) is 0 Å². The standard InChI is InChI=1S/C12H6Cl2FN3O3/c13-6-1-7(15)3-8(2-6)17-12(19)9-4-11(14)16-5-10(9)18(20)21/h1-5H,(H,17,19). The molecule has 0 saturated heterocycles. The summed E-state index contributed by atoms with van der Waals surface area (Å²) in [4.78, 5) is 25.7. The largest absolute Gasteiger partial charge is 0.322 e. The van der Waals surface area contributed by atoms with Gasteiger partial charge in [-0.3, -0.25) is 14.9 Å². The maximum absolute atomic E-state index is 13.2. The lowest BCUT2D eigenvalue weighted by molar-refractivity contribution is -0.385. The molecule has 1 N–H and O–H groups in total. The maximum atomic E-state index is 13.2. The maximum Gasteiger partial charge on any atom is 0.300 e. The molecule has 0 spiro atoms. The van der Waals surface area contributed by atoms with Gasteiger partial charge in [-0.05, 0) is 24.3 Å². The molecule has 108 valence electrons. The van der Waals surface area contributed by atoms with Crippen molar-refractivity contribution < 1.29 is 14.1 Å². The first-order chi connectivity index (χ1) is 9.86. The summed E-state index contributed by atoms with van der Waals surface area (Å²) >= 11 is 11.3. The molecule has 1 aromatic carbocycles. The molecule has 0 unspecified atom stereocenters. The van der Waals surface area contributed by atoms with Crippen LogP contribution in [-0.4, -0.2) is 15.8 Å². The van der Waals surface area contributed by atoms with E-state index in [1.54, 1.807) is 0 Å². The second kappa shape index (κ2) is 6.02. The highest BCUT2D eigenvalue weighted by atomic mass is 35.5. The first-order valence-corrected chi connectivity index (χ1v) is 6.20. The number of carbonyl (C=O) groups is 1. The van der Waals surface area contributed by atoms with E-state index in [4.69, 9.17) is 23.2 Å². The van der Waals surface area contributed by atoms with E-state index in [-0.39, 0.29) is 21.4 Å². The van der Waals surface area contributed by atoms with Crippen molar-refractivity contribution in [3.8, 4) is 0 Å². The molecule has 21 heavy (non-hydrogen) atoms. The highest BCUT2D eigenvalue weighted by Gasteiger charge is 2.21. The van der Waals surface area contributed by atoms with Crippen molar-refractivity contribution in [2.45, 2.75) is 0 Å². The fraction of sp³-hybridized carbons (Fsp3) is 0. The third kappa shape index (κ3) is 3.65. The number of anilines is 1. The quantitative estimate of drug-likeness (QED) is 0.528. The second-order valence-corrected chi connectivity index (χ2v) is 4.72. The number of halogens is 3. The van der Waals surface area contributed by atoms with Crippen LogP contribution >= 0.6 is 23.2 Å². The molecule has 9 heteroatoms. The first-order valence-electron chi connectivity index (χ1n) is 5.44. The normalized spacial score (nSPS) is 10.2. The molecular weight excluding hydrogens is 324 g/mol. The van der Waals surface area contributed by atoms with E-state index in [1.165, 1.54) is 6.07 Å². The molecule has 1 aromatic heterocycles. The summed E-state index contributed by atoms with van der Waals surface area (Å²) in [6.07, 6.45) is 0.871. The van der Waals surface area contributed by atoms with Gasteiger partial charge < -0.3 is 5.32 Å². The van der Waals surface area contributed by atoms with Crippen LogP contribution in [0.15, 0.2) is 30.5 Å². The number of nitrogens with one attached hydrogen (secondary N) is 1. The van der Waals surface area contributed by atoms with Crippen molar-refractivity contribution in [2.24, 2.45) is 0 Å². The number of aromatic nitrogens is 1. The van der Waals surface area contributed by atoms with Crippen LogP contribution in [0.3, 0.4) is 0 Å². The van der Waals surface area contributed by atoms with Crippen LogP contribution in [-0.2, 0) is 0 Å². The molecule has 0 aliphatic carbocycles. The van der Waals surface area contributed by atoms with E-state index >= 15 is 0 Å². The zero-order valence-corrected chi connectivity index (χ0v) is 11.7. The molecule has 0 saturated carbocycles. The minimum absolute atomic E-state index is 0.0623. The lowest BCUT2D eigenvalue weighted by Gasteiger charge is -2.06. The third-order valence-corrected chi connectivity index (χ3v) is 2.84. The Hall–Kier alpha value is -2.25. The summed E-state index contributed by atoms with van der Waals surface area (Å²) in [5.41, 5.74) is -0.744. The predicted octanol–water partition coefficient (Wildman–Crippen LogP) is 3.69. The Balaban J connectivity index is 2.36. The van der Waals surface area contributed by atoms with Gasteiger partial charge in [0.05, 0.1) is 4.92 Å². The summed E-state index contributed by atoms with van der Waals surface area (Å²) in [7, 11) is 0. The van der Waals surface area contributed by atoms with Crippen LogP contribution in [0.5, 0.6) is 0 Å². The van der Waals surface area contributed by atoms with Crippen molar-refractivity contribution in [1.29, 1.82) is 0 Å². The molecular formula is C12H6Cl2FN3O3. The number of hydrogen-bond acceptors (Lipinski definition) is 4. The SMILES string of the molecule is O=C(Nc1cc(F)cc(Cl)c1)c1cc(Cl)ncc1[N+](=O)[O-]. The van der Waals surface area contributed by atoms with Crippen molar-refractivity contribution in [3.63, 3.8) is 0 Å². The highest BCUT2D eigenvalue weighted by molar-refractivity contribution is 6.31. The predicted molar refractivity (Wildman–Crippen MR) is 75.3 cm³/mol. The molecule has 0 atom stereocenters. The van der Waals surface area contributed by atoms with Gasteiger partial charge in [-0.25, -0.2) is 9.37 Å². The Bertz CT molecular complexity index is 719. The fourth-order valence-corrected chi connectivity index (χ4v) is 1.95. The molecule has 0 fully saturated rings. The number of amides is 1. The summed E-state index contributed by atoms with van der Waals surface area (Å²) in [5.74, 6) is -1.48. The number of rotatable bonds is 3. The average Bonchev–Trinajstić information content (AvgIpc) is 2.36. The van der Waals surface area contributed by atoms with Gasteiger partial charge in [0.1, 0.15) is 22.7 Å². The zero-order chi connectivity index (χ0) is 15.6. The van der Waals surface area contributed by atoms with Gasteiger partial charge in [-0.2, -0.15) is 0 Å². The monoisotopic (exact) mass is 329 g/mol. The van der Waals surface area contributed by atoms with E-state index in [0.717, 1.165) is 24.4 Å². The Morgan fingerprint density at radius 2 is 2.00 bits per heavy atom. The van der Waals surface area contributed by atoms with E-state index in [2.05, 4.69) is 10.3 Å². The number of pyridine rings is 1. The summed E-state index contributed by atoms with van der Waals surface area (Å²) in [6, 6.07) is 4.44. The Morgan fingerprint density at radius 3 is 2.62 bits per heavy atom. The van der Waals surface area contributed by atoms with E-state index < -0.39 is 22.3 Å². The third-order valence-electron chi connectivity index (χ3n) is 2.41. The van der Waals surface area contributed by atoms with Crippen LogP contribution in [0, 0.1) is 15.9 Å². The van der Waals surface area contributed by atoms with Crippen LogP contribution < -0.4 is 5.32 Å². The lowest BCUT2D eigenvalue weighted by Crippen LogP contribution is -2.14. The van der Waals surface area contributed by atoms with Crippen molar-refractivity contribution in [1.82, 2.24) is 4.98 Å². The van der Waals surface area contributed by atoms with Crippen LogP contribution in [0.4, 0.5) is 15.8 Å². The van der Waals surface area contributed by atoms with Gasteiger partial charge in [0.25, 0.3) is 11.6 Å².